The number of hydrogen-bond acceptors (Lipinski definition) is 3. The fourth-order valence-electron chi connectivity index (χ4n) is 3.64. The van der Waals surface area contributed by atoms with Gasteiger partial charge in [0.25, 0.3) is 0 Å². The monoisotopic (exact) mass is 371 g/mol. The first kappa shape index (κ1) is 18.1. The zero-order chi connectivity index (χ0) is 19.2. The number of rotatable bonds is 5. The highest BCUT2D eigenvalue weighted by atomic mass is 16.2. The summed E-state index contributed by atoms with van der Waals surface area (Å²) in [6, 6.07) is 26.3. The van der Waals surface area contributed by atoms with Crippen molar-refractivity contribution in [2.24, 2.45) is 0 Å². The summed E-state index contributed by atoms with van der Waals surface area (Å²) in [5, 5.41) is 6.74. The second-order valence-corrected chi connectivity index (χ2v) is 7.02. The Balaban J connectivity index is 1.47. The van der Waals surface area contributed by atoms with Gasteiger partial charge in [-0.2, -0.15) is 0 Å². The first-order valence-corrected chi connectivity index (χ1v) is 9.84. The fraction of sp³-hybridized carbons (Fsp3) is 0.208. The Kier molecular flexibility index (Phi) is 5.57. The molecular weight excluding hydrogens is 346 g/mol. The summed E-state index contributed by atoms with van der Waals surface area (Å²) in [7, 11) is 0. The third kappa shape index (κ3) is 4.17. The maximum atomic E-state index is 13.0. The van der Waals surface area contributed by atoms with Crippen LogP contribution < -0.4 is 15.5 Å². The topological polar surface area (TPSA) is 44.4 Å². The Morgan fingerprint density at radius 1 is 0.821 bits per heavy atom. The van der Waals surface area contributed by atoms with Gasteiger partial charge < -0.3 is 15.5 Å². The Morgan fingerprint density at radius 2 is 1.54 bits per heavy atom. The van der Waals surface area contributed by atoms with Gasteiger partial charge in [0.1, 0.15) is 0 Å². The molecule has 0 aliphatic carbocycles. The van der Waals surface area contributed by atoms with Crippen molar-refractivity contribution in [3.05, 3.63) is 84.4 Å². The number of fused-ring (bicyclic) bond motifs is 1. The molecule has 4 heteroatoms. The Morgan fingerprint density at radius 3 is 2.39 bits per heavy atom. The standard InChI is InChI=1S/C24H25N3O/c28-24(27-17-9-8-11-19-10-4-7-16-23(19)27)18-25-21-14-5-6-15-22(21)26-20-12-2-1-3-13-20/h1-7,10,12-16,25-26H,8-9,11,17-18H2. The smallest absolute Gasteiger partial charge is 0.246 e. The van der Waals surface area contributed by atoms with Crippen LogP contribution >= 0.6 is 0 Å². The molecule has 0 unspecified atom stereocenters. The molecule has 4 rings (SSSR count). The van der Waals surface area contributed by atoms with E-state index in [4.69, 9.17) is 0 Å². The average molecular weight is 371 g/mol. The van der Waals surface area contributed by atoms with Gasteiger partial charge in [0, 0.05) is 17.9 Å². The van der Waals surface area contributed by atoms with Crippen LogP contribution in [-0.2, 0) is 11.2 Å². The van der Waals surface area contributed by atoms with Crippen molar-refractivity contribution in [2.75, 3.05) is 28.6 Å². The lowest BCUT2D eigenvalue weighted by Gasteiger charge is -2.23. The van der Waals surface area contributed by atoms with Crippen molar-refractivity contribution >= 4 is 28.7 Å². The van der Waals surface area contributed by atoms with Crippen LogP contribution in [0.5, 0.6) is 0 Å². The van der Waals surface area contributed by atoms with Gasteiger partial charge in [0.15, 0.2) is 0 Å². The molecule has 2 N–H and O–H groups in total. The zero-order valence-electron chi connectivity index (χ0n) is 15.9. The molecular formula is C24H25N3O. The van der Waals surface area contributed by atoms with Crippen molar-refractivity contribution in [1.82, 2.24) is 0 Å². The summed E-state index contributed by atoms with van der Waals surface area (Å²) in [4.78, 5) is 14.9. The van der Waals surface area contributed by atoms with Crippen molar-refractivity contribution in [3.63, 3.8) is 0 Å². The number of para-hydroxylation sites is 4. The van der Waals surface area contributed by atoms with Crippen molar-refractivity contribution in [2.45, 2.75) is 19.3 Å². The minimum Gasteiger partial charge on any atom is -0.374 e. The van der Waals surface area contributed by atoms with E-state index in [9.17, 15) is 4.79 Å². The van der Waals surface area contributed by atoms with Gasteiger partial charge in [-0.3, -0.25) is 4.79 Å². The molecule has 3 aromatic rings. The van der Waals surface area contributed by atoms with Gasteiger partial charge in [-0.25, -0.2) is 0 Å². The van der Waals surface area contributed by atoms with E-state index in [0.29, 0.717) is 0 Å². The Labute approximate surface area is 166 Å². The summed E-state index contributed by atoms with van der Waals surface area (Å²) >= 11 is 0. The summed E-state index contributed by atoms with van der Waals surface area (Å²) < 4.78 is 0. The van der Waals surface area contributed by atoms with E-state index in [1.165, 1.54) is 5.56 Å². The van der Waals surface area contributed by atoms with Gasteiger partial charge >= 0.3 is 0 Å². The number of benzene rings is 3. The van der Waals surface area contributed by atoms with Crippen molar-refractivity contribution < 1.29 is 4.79 Å². The highest BCUT2D eigenvalue weighted by Gasteiger charge is 2.20. The second kappa shape index (κ2) is 8.61. The SMILES string of the molecule is O=C(CNc1ccccc1Nc1ccccc1)N1CCCCc2ccccc21. The first-order chi connectivity index (χ1) is 13.8. The normalized spacial score (nSPS) is 13.4. The minimum atomic E-state index is 0.101. The lowest BCUT2D eigenvalue weighted by atomic mass is 10.1. The number of anilines is 4. The quantitative estimate of drug-likeness (QED) is 0.647. The molecule has 1 aliphatic heterocycles. The molecule has 1 heterocycles. The Hall–Kier alpha value is -3.27. The largest absolute Gasteiger partial charge is 0.374 e. The van der Waals surface area contributed by atoms with Gasteiger partial charge in [0.2, 0.25) is 5.91 Å². The van der Waals surface area contributed by atoms with Crippen LogP contribution in [0.15, 0.2) is 78.9 Å². The van der Waals surface area contributed by atoms with Gasteiger partial charge in [-0.1, -0.05) is 48.5 Å². The number of nitrogens with zero attached hydrogens (tertiary/aromatic N) is 1. The van der Waals surface area contributed by atoms with Crippen LogP contribution in [0.2, 0.25) is 0 Å². The molecule has 4 nitrogen and oxygen atoms in total. The van der Waals surface area contributed by atoms with E-state index >= 15 is 0 Å². The number of amides is 1. The van der Waals surface area contributed by atoms with E-state index in [2.05, 4.69) is 28.8 Å². The third-order valence-corrected chi connectivity index (χ3v) is 5.07. The lowest BCUT2D eigenvalue weighted by Crippen LogP contribution is -2.36. The predicted octanol–water partition coefficient (Wildman–Crippen LogP) is 5.21. The van der Waals surface area contributed by atoms with Crippen LogP contribution in [0, 0.1) is 0 Å². The second-order valence-electron chi connectivity index (χ2n) is 7.02. The Bertz CT molecular complexity index is 939. The van der Waals surface area contributed by atoms with E-state index in [-0.39, 0.29) is 12.5 Å². The number of hydrogen-bond donors (Lipinski definition) is 2. The van der Waals surface area contributed by atoms with Gasteiger partial charge in [-0.05, 0) is 55.2 Å². The van der Waals surface area contributed by atoms with E-state index in [1.54, 1.807) is 0 Å². The zero-order valence-corrected chi connectivity index (χ0v) is 15.9. The van der Waals surface area contributed by atoms with Crippen molar-refractivity contribution in [3.8, 4) is 0 Å². The lowest BCUT2D eigenvalue weighted by molar-refractivity contribution is -0.117. The molecule has 0 fully saturated rings. The summed E-state index contributed by atoms with van der Waals surface area (Å²) in [6.07, 6.45) is 3.20. The summed E-state index contributed by atoms with van der Waals surface area (Å²) in [5.41, 5.74) is 5.21. The number of carbonyl (C=O) groups is 1. The van der Waals surface area contributed by atoms with Crippen molar-refractivity contribution in [1.29, 1.82) is 0 Å². The minimum absolute atomic E-state index is 0.101. The number of aryl methyl sites for hydroxylation is 1. The fourth-order valence-corrected chi connectivity index (χ4v) is 3.64. The molecule has 0 radical (unpaired) electrons. The van der Waals surface area contributed by atoms with Crippen LogP contribution in [-0.4, -0.2) is 19.0 Å². The first-order valence-electron chi connectivity index (χ1n) is 9.84. The molecule has 1 amide bonds. The number of nitrogens with one attached hydrogen (secondary N) is 2. The van der Waals surface area contributed by atoms with E-state index in [1.807, 2.05) is 65.6 Å². The van der Waals surface area contributed by atoms with Crippen LogP contribution in [0.25, 0.3) is 0 Å². The molecule has 0 saturated heterocycles. The van der Waals surface area contributed by atoms with Crippen LogP contribution in [0.3, 0.4) is 0 Å². The van der Waals surface area contributed by atoms with E-state index in [0.717, 1.165) is 48.6 Å². The highest BCUT2D eigenvalue weighted by Crippen LogP contribution is 2.27. The molecule has 142 valence electrons. The molecule has 28 heavy (non-hydrogen) atoms. The molecule has 0 spiro atoms. The average Bonchev–Trinajstić information content (AvgIpc) is 2.96. The van der Waals surface area contributed by atoms with Gasteiger partial charge in [-0.15, -0.1) is 0 Å². The third-order valence-electron chi connectivity index (χ3n) is 5.07. The molecule has 0 saturated carbocycles. The molecule has 0 atom stereocenters. The maximum Gasteiger partial charge on any atom is 0.246 e. The van der Waals surface area contributed by atoms with Gasteiger partial charge in [0.05, 0.1) is 17.9 Å². The molecule has 3 aromatic carbocycles. The highest BCUT2D eigenvalue weighted by molar-refractivity contribution is 5.97. The maximum absolute atomic E-state index is 13.0. The van der Waals surface area contributed by atoms with Crippen LogP contribution in [0.1, 0.15) is 18.4 Å². The van der Waals surface area contributed by atoms with E-state index < -0.39 is 0 Å². The summed E-state index contributed by atoms with van der Waals surface area (Å²) in [6.45, 7) is 1.04. The summed E-state index contributed by atoms with van der Waals surface area (Å²) in [5.74, 6) is 0.101. The van der Waals surface area contributed by atoms with Crippen LogP contribution in [0.4, 0.5) is 22.7 Å². The molecule has 0 aromatic heterocycles. The predicted molar refractivity (Wildman–Crippen MR) is 116 cm³/mol. The number of carbonyl (C=O) groups excluding carboxylic acids is 1. The molecule has 1 aliphatic rings. The molecule has 0 bridgehead atoms.